The van der Waals surface area contributed by atoms with E-state index < -0.39 is 0 Å². The van der Waals surface area contributed by atoms with Crippen LogP contribution in [0.4, 0.5) is 0 Å². The van der Waals surface area contributed by atoms with E-state index in [0.29, 0.717) is 17.5 Å². The van der Waals surface area contributed by atoms with Gasteiger partial charge in [0.25, 0.3) is 0 Å². The maximum atomic E-state index is 6.30. The maximum Gasteiger partial charge on any atom is 0.165 e. The molecule has 0 unspecified atom stereocenters. The average molecular weight is 658 g/mol. The predicted octanol–water partition coefficient (Wildman–Crippen LogP) is 12.5. The first-order valence-electron chi connectivity index (χ1n) is 16.6. The molecule has 10 aromatic rings. The van der Waals surface area contributed by atoms with E-state index in [1.165, 1.54) is 32.2 Å². The van der Waals surface area contributed by atoms with Gasteiger partial charge in [-0.3, -0.25) is 0 Å². The van der Waals surface area contributed by atoms with Crippen molar-refractivity contribution in [2.24, 2.45) is 0 Å². The minimum Gasteiger partial charge on any atom is -0.456 e. The third-order valence-electron chi connectivity index (χ3n) is 9.35. The Morgan fingerprint density at radius 1 is 0.340 bits per heavy atom. The number of nitrogens with zero attached hydrogens (tertiary/aromatic N) is 3. The summed E-state index contributed by atoms with van der Waals surface area (Å²) in [6.07, 6.45) is 0. The van der Waals surface area contributed by atoms with Crippen LogP contribution in [0, 0.1) is 0 Å². The van der Waals surface area contributed by atoms with Crippen molar-refractivity contribution in [3.63, 3.8) is 0 Å². The highest BCUT2D eigenvalue weighted by atomic mass is 32.1. The van der Waals surface area contributed by atoms with Crippen molar-refractivity contribution in [2.75, 3.05) is 0 Å². The zero-order valence-electron chi connectivity index (χ0n) is 26.7. The Hall–Kier alpha value is -6.43. The summed E-state index contributed by atoms with van der Waals surface area (Å²) in [5.74, 6) is 1.98. The molecule has 0 aliphatic heterocycles. The van der Waals surface area contributed by atoms with Crippen molar-refractivity contribution in [3.8, 4) is 56.4 Å². The molecule has 0 bridgehead atoms. The summed E-state index contributed by atoms with van der Waals surface area (Å²) in [5, 5.41) is 4.64. The van der Waals surface area contributed by atoms with Gasteiger partial charge in [-0.15, -0.1) is 11.3 Å². The summed E-state index contributed by atoms with van der Waals surface area (Å²) in [5.41, 5.74) is 9.40. The monoisotopic (exact) mass is 657 g/mol. The third-order valence-corrected chi connectivity index (χ3v) is 10.6. The smallest absolute Gasteiger partial charge is 0.165 e. The molecule has 0 fully saturated rings. The van der Waals surface area contributed by atoms with Gasteiger partial charge in [-0.1, -0.05) is 133 Å². The molecule has 10 rings (SSSR count). The molecule has 4 nitrogen and oxygen atoms in total. The molecule has 0 saturated heterocycles. The topological polar surface area (TPSA) is 51.8 Å². The zero-order valence-corrected chi connectivity index (χ0v) is 27.6. The normalized spacial score (nSPS) is 11.6. The van der Waals surface area contributed by atoms with E-state index in [0.717, 1.165) is 48.9 Å². The van der Waals surface area contributed by atoms with Gasteiger partial charge in [-0.25, -0.2) is 15.0 Å². The molecule has 7 aromatic carbocycles. The quantitative estimate of drug-likeness (QED) is 0.185. The molecule has 0 aliphatic carbocycles. The van der Waals surface area contributed by atoms with Crippen LogP contribution in [-0.4, -0.2) is 15.0 Å². The van der Waals surface area contributed by atoms with Crippen LogP contribution in [0.25, 0.3) is 98.5 Å². The van der Waals surface area contributed by atoms with Crippen molar-refractivity contribution in [2.45, 2.75) is 0 Å². The molecule has 0 spiro atoms. The van der Waals surface area contributed by atoms with Crippen molar-refractivity contribution in [3.05, 3.63) is 164 Å². The molecule has 0 atom stereocenters. The highest BCUT2D eigenvalue weighted by molar-refractivity contribution is 7.26. The van der Waals surface area contributed by atoms with Crippen LogP contribution in [0.1, 0.15) is 0 Å². The second kappa shape index (κ2) is 11.6. The lowest BCUT2D eigenvalue weighted by Crippen LogP contribution is -2.00. The van der Waals surface area contributed by atoms with Crippen LogP contribution in [0.2, 0.25) is 0 Å². The van der Waals surface area contributed by atoms with Crippen molar-refractivity contribution < 1.29 is 4.42 Å². The van der Waals surface area contributed by atoms with Gasteiger partial charge in [-0.2, -0.15) is 0 Å². The second-order valence-corrected chi connectivity index (χ2v) is 13.4. The Bertz CT molecular complexity index is 2800. The van der Waals surface area contributed by atoms with E-state index in [4.69, 9.17) is 19.4 Å². The summed E-state index contributed by atoms with van der Waals surface area (Å²) >= 11 is 1.79. The van der Waals surface area contributed by atoms with Gasteiger partial charge in [-0.05, 0) is 52.6 Å². The van der Waals surface area contributed by atoms with E-state index in [2.05, 4.69) is 97.1 Å². The van der Waals surface area contributed by atoms with Gasteiger partial charge < -0.3 is 4.42 Å². The molecule has 3 aromatic heterocycles. The Balaban J connectivity index is 1.15. The minimum atomic E-state index is 0.657. The van der Waals surface area contributed by atoms with Crippen molar-refractivity contribution >= 4 is 53.4 Å². The zero-order chi connectivity index (χ0) is 33.0. The maximum absolute atomic E-state index is 6.30. The Morgan fingerprint density at radius 3 is 1.42 bits per heavy atom. The predicted molar refractivity (Wildman–Crippen MR) is 207 cm³/mol. The van der Waals surface area contributed by atoms with E-state index in [9.17, 15) is 0 Å². The van der Waals surface area contributed by atoms with E-state index in [1.54, 1.807) is 11.3 Å². The lowest BCUT2D eigenvalue weighted by atomic mass is 9.99. The summed E-state index contributed by atoms with van der Waals surface area (Å²) in [6.45, 7) is 0. The fourth-order valence-electron chi connectivity index (χ4n) is 6.91. The molecular weight excluding hydrogens is 631 g/mol. The SMILES string of the molecule is c1ccc(-c2ccc3oc4ccc(-c5cccc6c5sc5c(-c7nc(-c8ccccc8)nc(-c8ccccc8)n7)cccc56)cc4c3c2)cc1. The number of thiophene rings is 1. The molecule has 3 heterocycles. The van der Waals surface area contributed by atoms with Gasteiger partial charge in [0.1, 0.15) is 11.2 Å². The summed E-state index contributed by atoms with van der Waals surface area (Å²) in [6, 6.07) is 56.8. The summed E-state index contributed by atoms with van der Waals surface area (Å²) in [7, 11) is 0. The Morgan fingerprint density at radius 2 is 0.820 bits per heavy atom. The molecule has 50 heavy (non-hydrogen) atoms. The van der Waals surface area contributed by atoms with Crippen LogP contribution >= 0.6 is 11.3 Å². The Labute approximate surface area is 292 Å². The number of benzene rings is 7. The van der Waals surface area contributed by atoms with Gasteiger partial charge in [0.05, 0.1) is 0 Å². The van der Waals surface area contributed by atoms with Crippen LogP contribution in [-0.2, 0) is 0 Å². The van der Waals surface area contributed by atoms with Gasteiger partial charge in [0.15, 0.2) is 17.5 Å². The molecule has 5 heteroatoms. The third kappa shape index (κ3) is 4.79. The molecule has 0 amide bonds. The van der Waals surface area contributed by atoms with Crippen LogP contribution in [0.5, 0.6) is 0 Å². The standard InChI is InChI=1S/C45H27N3OS/c1-4-12-28(13-5-1)31-22-24-39-37(26-31)38-27-32(23-25-40(38)49-39)33-18-10-19-34-35-20-11-21-36(42(35)50-41(33)34)45-47-43(29-14-6-2-7-15-29)46-44(48-45)30-16-8-3-9-17-30/h1-27H. The molecule has 0 saturated carbocycles. The van der Waals surface area contributed by atoms with Crippen molar-refractivity contribution in [1.82, 2.24) is 15.0 Å². The van der Waals surface area contributed by atoms with Crippen LogP contribution < -0.4 is 0 Å². The van der Waals surface area contributed by atoms with E-state index in [1.807, 2.05) is 66.7 Å². The molecule has 0 radical (unpaired) electrons. The number of furan rings is 1. The second-order valence-electron chi connectivity index (χ2n) is 12.4. The molecular formula is C45H27N3OS. The fraction of sp³-hybridized carbons (Fsp3) is 0. The number of fused-ring (bicyclic) bond motifs is 6. The minimum absolute atomic E-state index is 0.657. The Kier molecular flexibility index (Phi) is 6.64. The first kappa shape index (κ1) is 28.6. The lowest BCUT2D eigenvalue weighted by Gasteiger charge is -2.09. The van der Waals surface area contributed by atoms with Gasteiger partial charge >= 0.3 is 0 Å². The molecule has 234 valence electrons. The fourth-order valence-corrected chi connectivity index (χ4v) is 8.25. The van der Waals surface area contributed by atoms with Gasteiger partial charge in [0.2, 0.25) is 0 Å². The average Bonchev–Trinajstić information content (AvgIpc) is 3.76. The van der Waals surface area contributed by atoms with Crippen LogP contribution in [0.15, 0.2) is 168 Å². The molecule has 0 N–H and O–H groups in total. The van der Waals surface area contributed by atoms with E-state index >= 15 is 0 Å². The number of hydrogen-bond donors (Lipinski definition) is 0. The number of hydrogen-bond acceptors (Lipinski definition) is 5. The summed E-state index contributed by atoms with van der Waals surface area (Å²) in [4.78, 5) is 15.0. The highest BCUT2D eigenvalue weighted by Gasteiger charge is 2.19. The summed E-state index contributed by atoms with van der Waals surface area (Å²) < 4.78 is 8.68. The van der Waals surface area contributed by atoms with Gasteiger partial charge in [0, 0.05) is 47.6 Å². The number of rotatable bonds is 5. The van der Waals surface area contributed by atoms with Crippen LogP contribution in [0.3, 0.4) is 0 Å². The first-order valence-corrected chi connectivity index (χ1v) is 17.4. The lowest BCUT2D eigenvalue weighted by molar-refractivity contribution is 0.669. The largest absolute Gasteiger partial charge is 0.456 e. The first-order chi connectivity index (χ1) is 24.8. The number of aromatic nitrogens is 3. The van der Waals surface area contributed by atoms with Crippen molar-refractivity contribution in [1.29, 1.82) is 0 Å². The molecule has 0 aliphatic rings. The highest BCUT2D eigenvalue weighted by Crippen LogP contribution is 2.44. The van der Waals surface area contributed by atoms with E-state index in [-0.39, 0.29) is 0 Å².